The van der Waals surface area contributed by atoms with Crippen LogP contribution in [0.1, 0.15) is 29.4 Å². The smallest absolute Gasteiger partial charge is 0.273 e. The first-order chi connectivity index (χ1) is 10.0. The molecule has 0 bridgehead atoms. The molecule has 2 rings (SSSR count). The van der Waals surface area contributed by atoms with Gasteiger partial charge in [0.2, 0.25) is 0 Å². The van der Waals surface area contributed by atoms with Crippen molar-refractivity contribution >= 4 is 11.7 Å². The monoisotopic (exact) mass is 288 g/mol. The summed E-state index contributed by atoms with van der Waals surface area (Å²) in [7, 11) is 3.40. The molecule has 1 amide bonds. The molecule has 0 spiro atoms. The van der Waals surface area contributed by atoms with Crippen molar-refractivity contribution < 1.29 is 4.79 Å². The fraction of sp³-hybridized carbons (Fsp3) is 0.429. The normalized spacial score (nSPS) is 10.5. The van der Waals surface area contributed by atoms with Gasteiger partial charge in [0, 0.05) is 32.4 Å². The van der Waals surface area contributed by atoms with E-state index < -0.39 is 0 Å². The van der Waals surface area contributed by atoms with E-state index in [0.717, 1.165) is 24.3 Å². The summed E-state index contributed by atoms with van der Waals surface area (Å²) in [5.41, 5.74) is 1.29. The van der Waals surface area contributed by atoms with E-state index >= 15 is 0 Å². The second-order valence-corrected chi connectivity index (χ2v) is 4.94. The quantitative estimate of drug-likeness (QED) is 0.902. The molecule has 0 fully saturated rings. The standard InChI is InChI=1S/C14H20N6O/c1-5-7-15-12-10(2)13(17-9-16-12)20-8-6-11(18-20)14(21)19(3)4/h6,8-9H,5,7H2,1-4H3,(H,15,16,17). The number of aromatic nitrogens is 4. The van der Waals surface area contributed by atoms with Crippen molar-refractivity contribution in [2.45, 2.75) is 20.3 Å². The van der Waals surface area contributed by atoms with Crippen molar-refractivity contribution in [3.63, 3.8) is 0 Å². The maximum atomic E-state index is 11.9. The zero-order chi connectivity index (χ0) is 15.4. The molecular weight excluding hydrogens is 268 g/mol. The van der Waals surface area contributed by atoms with Crippen LogP contribution < -0.4 is 5.32 Å². The van der Waals surface area contributed by atoms with Gasteiger partial charge in [0.25, 0.3) is 5.91 Å². The molecule has 2 heterocycles. The van der Waals surface area contributed by atoms with E-state index in [1.54, 1.807) is 31.0 Å². The van der Waals surface area contributed by atoms with Crippen molar-refractivity contribution in [1.29, 1.82) is 0 Å². The van der Waals surface area contributed by atoms with Crippen LogP contribution in [0.3, 0.4) is 0 Å². The summed E-state index contributed by atoms with van der Waals surface area (Å²) >= 11 is 0. The van der Waals surface area contributed by atoms with Gasteiger partial charge in [0.15, 0.2) is 11.5 Å². The SMILES string of the molecule is CCCNc1ncnc(-n2ccc(C(=O)N(C)C)n2)c1C. The summed E-state index contributed by atoms with van der Waals surface area (Å²) < 4.78 is 1.60. The van der Waals surface area contributed by atoms with E-state index in [0.29, 0.717) is 11.5 Å². The van der Waals surface area contributed by atoms with Gasteiger partial charge >= 0.3 is 0 Å². The first kappa shape index (κ1) is 15.0. The second-order valence-electron chi connectivity index (χ2n) is 4.94. The number of rotatable bonds is 5. The average molecular weight is 288 g/mol. The Kier molecular flexibility index (Phi) is 4.52. The number of carbonyl (C=O) groups excluding carboxylic acids is 1. The lowest BCUT2D eigenvalue weighted by molar-refractivity contribution is 0.0821. The minimum atomic E-state index is -0.134. The van der Waals surface area contributed by atoms with E-state index in [2.05, 4.69) is 27.3 Å². The van der Waals surface area contributed by atoms with Crippen LogP contribution >= 0.6 is 0 Å². The summed E-state index contributed by atoms with van der Waals surface area (Å²) in [6, 6.07) is 1.68. The Morgan fingerprint density at radius 2 is 2.14 bits per heavy atom. The third-order valence-corrected chi connectivity index (χ3v) is 3.03. The highest BCUT2D eigenvalue weighted by Gasteiger charge is 2.14. The molecule has 0 unspecified atom stereocenters. The molecular formula is C14H20N6O. The van der Waals surface area contributed by atoms with E-state index in [1.807, 2.05) is 6.92 Å². The number of amides is 1. The molecule has 0 aliphatic carbocycles. The van der Waals surface area contributed by atoms with Gasteiger partial charge in [-0.2, -0.15) is 5.10 Å². The van der Waals surface area contributed by atoms with Crippen molar-refractivity contribution in [2.24, 2.45) is 0 Å². The Morgan fingerprint density at radius 3 is 2.81 bits per heavy atom. The molecule has 0 aliphatic heterocycles. The number of hydrogen-bond donors (Lipinski definition) is 1. The molecule has 0 radical (unpaired) electrons. The zero-order valence-corrected chi connectivity index (χ0v) is 12.8. The second kappa shape index (κ2) is 6.34. The fourth-order valence-electron chi connectivity index (χ4n) is 1.88. The minimum absolute atomic E-state index is 0.134. The molecule has 1 N–H and O–H groups in total. The summed E-state index contributed by atoms with van der Waals surface area (Å²) in [5, 5.41) is 7.54. The van der Waals surface area contributed by atoms with E-state index in [4.69, 9.17) is 0 Å². The highest BCUT2D eigenvalue weighted by Crippen LogP contribution is 2.17. The van der Waals surface area contributed by atoms with Crippen LogP contribution in [-0.2, 0) is 0 Å². The molecule has 21 heavy (non-hydrogen) atoms. The molecule has 7 nitrogen and oxygen atoms in total. The van der Waals surface area contributed by atoms with E-state index in [9.17, 15) is 4.79 Å². The zero-order valence-electron chi connectivity index (χ0n) is 12.8. The van der Waals surface area contributed by atoms with Gasteiger partial charge in [-0.3, -0.25) is 4.79 Å². The van der Waals surface area contributed by atoms with E-state index in [1.165, 1.54) is 11.2 Å². The van der Waals surface area contributed by atoms with Crippen molar-refractivity contribution in [3.05, 3.63) is 29.8 Å². The number of nitrogens with zero attached hydrogens (tertiary/aromatic N) is 5. The maximum absolute atomic E-state index is 11.9. The summed E-state index contributed by atoms with van der Waals surface area (Å²) in [6.45, 7) is 4.88. The van der Waals surface area contributed by atoms with Gasteiger partial charge in [0.1, 0.15) is 12.1 Å². The summed E-state index contributed by atoms with van der Waals surface area (Å²) in [5.74, 6) is 1.32. The fourth-order valence-corrected chi connectivity index (χ4v) is 1.88. The highest BCUT2D eigenvalue weighted by molar-refractivity contribution is 5.91. The number of hydrogen-bond acceptors (Lipinski definition) is 5. The largest absolute Gasteiger partial charge is 0.370 e. The number of nitrogens with one attached hydrogen (secondary N) is 1. The molecule has 7 heteroatoms. The van der Waals surface area contributed by atoms with Gasteiger partial charge in [-0.25, -0.2) is 14.6 Å². The Hall–Kier alpha value is -2.44. The Labute approximate surface area is 124 Å². The molecule has 0 aromatic carbocycles. The summed E-state index contributed by atoms with van der Waals surface area (Å²) in [6.07, 6.45) is 4.24. The van der Waals surface area contributed by atoms with Crippen LogP contribution in [-0.4, -0.2) is 51.2 Å². The Balaban J connectivity index is 2.32. The Morgan fingerprint density at radius 1 is 1.38 bits per heavy atom. The van der Waals surface area contributed by atoms with Crippen molar-refractivity contribution in [2.75, 3.05) is 26.0 Å². The number of anilines is 1. The molecule has 2 aromatic heterocycles. The highest BCUT2D eigenvalue weighted by atomic mass is 16.2. The summed E-state index contributed by atoms with van der Waals surface area (Å²) in [4.78, 5) is 21.9. The lowest BCUT2D eigenvalue weighted by Crippen LogP contribution is -2.22. The predicted octanol–water partition coefficient (Wildman–Crippen LogP) is 1.49. The van der Waals surface area contributed by atoms with Crippen LogP contribution in [0.5, 0.6) is 0 Å². The molecule has 0 aliphatic rings. The first-order valence-electron chi connectivity index (χ1n) is 6.87. The van der Waals surface area contributed by atoms with Gasteiger partial charge in [-0.05, 0) is 19.4 Å². The average Bonchev–Trinajstić information content (AvgIpc) is 2.94. The number of carbonyl (C=O) groups is 1. The van der Waals surface area contributed by atoms with Crippen LogP contribution in [0.15, 0.2) is 18.6 Å². The van der Waals surface area contributed by atoms with Crippen molar-refractivity contribution in [3.8, 4) is 5.82 Å². The lowest BCUT2D eigenvalue weighted by atomic mass is 10.3. The topological polar surface area (TPSA) is 75.9 Å². The van der Waals surface area contributed by atoms with Crippen LogP contribution in [0, 0.1) is 6.92 Å². The van der Waals surface area contributed by atoms with Gasteiger partial charge < -0.3 is 10.2 Å². The van der Waals surface area contributed by atoms with Crippen LogP contribution in [0.2, 0.25) is 0 Å². The first-order valence-corrected chi connectivity index (χ1v) is 6.87. The van der Waals surface area contributed by atoms with Crippen LogP contribution in [0.4, 0.5) is 5.82 Å². The third kappa shape index (κ3) is 3.18. The van der Waals surface area contributed by atoms with Gasteiger partial charge in [-0.1, -0.05) is 6.92 Å². The predicted molar refractivity (Wildman–Crippen MR) is 80.7 cm³/mol. The maximum Gasteiger partial charge on any atom is 0.273 e. The Bertz CT molecular complexity index is 634. The van der Waals surface area contributed by atoms with Gasteiger partial charge in [0.05, 0.1) is 0 Å². The van der Waals surface area contributed by atoms with Gasteiger partial charge in [-0.15, -0.1) is 0 Å². The molecule has 112 valence electrons. The van der Waals surface area contributed by atoms with Crippen LogP contribution in [0.25, 0.3) is 5.82 Å². The lowest BCUT2D eigenvalue weighted by Gasteiger charge is -2.10. The molecule has 0 saturated heterocycles. The molecule has 0 saturated carbocycles. The van der Waals surface area contributed by atoms with Crippen molar-refractivity contribution in [1.82, 2.24) is 24.6 Å². The third-order valence-electron chi connectivity index (χ3n) is 3.03. The molecule has 0 atom stereocenters. The minimum Gasteiger partial charge on any atom is -0.370 e. The molecule has 2 aromatic rings. The van der Waals surface area contributed by atoms with E-state index in [-0.39, 0.29) is 5.91 Å².